The third-order valence-electron chi connectivity index (χ3n) is 3.25. The molecule has 1 heterocycles. The van der Waals surface area contributed by atoms with E-state index in [0.29, 0.717) is 24.6 Å². The number of fused-ring (bicyclic) bond motifs is 1. The molecule has 18 heavy (non-hydrogen) atoms. The molecular weight excluding hydrogens is 248 g/mol. The van der Waals surface area contributed by atoms with Gasteiger partial charge < -0.3 is 5.73 Å². The van der Waals surface area contributed by atoms with E-state index < -0.39 is 10.0 Å². The Morgan fingerprint density at radius 2 is 2.11 bits per heavy atom. The van der Waals surface area contributed by atoms with Gasteiger partial charge >= 0.3 is 0 Å². The average molecular weight is 268 g/mol. The monoisotopic (exact) mass is 268 g/mol. The van der Waals surface area contributed by atoms with Crippen molar-refractivity contribution in [3.63, 3.8) is 0 Å². The van der Waals surface area contributed by atoms with Gasteiger partial charge in [-0.25, -0.2) is 8.42 Å². The van der Waals surface area contributed by atoms with E-state index in [9.17, 15) is 8.42 Å². The van der Waals surface area contributed by atoms with Gasteiger partial charge in [0.2, 0.25) is 10.0 Å². The summed E-state index contributed by atoms with van der Waals surface area (Å²) in [6, 6.07) is 5.50. The minimum atomic E-state index is -3.21. The molecule has 0 unspecified atom stereocenters. The van der Waals surface area contributed by atoms with Crippen LogP contribution in [0.3, 0.4) is 0 Å². The summed E-state index contributed by atoms with van der Waals surface area (Å²) >= 11 is 0. The van der Waals surface area contributed by atoms with Gasteiger partial charge in [-0.3, -0.25) is 4.31 Å². The van der Waals surface area contributed by atoms with Gasteiger partial charge in [0.1, 0.15) is 0 Å². The normalized spacial score (nSPS) is 15.2. The highest BCUT2D eigenvalue weighted by molar-refractivity contribution is 7.92. The number of hydrogen-bond donors (Lipinski definition) is 1. The van der Waals surface area contributed by atoms with Crippen LogP contribution in [0.2, 0.25) is 0 Å². The summed E-state index contributed by atoms with van der Waals surface area (Å²) in [7, 11) is -3.21. The van der Waals surface area contributed by atoms with Gasteiger partial charge in [-0.05, 0) is 36.5 Å². The Kier molecular flexibility index (Phi) is 3.52. The van der Waals surface area contributed by atoms with Crippen LogP contribution >= 0.6 is 0 Å². The van der Waals surface area contributed by atoms with E-state index in [1.807, 2.05) is 26.0 Å². The number of sulfonamides is 1. The molecule has 0 bridgehead atoms. The molecule has 0 radical (unpaired) electrons. The van der Waals surface area contributed by atoms with E-state index in [1.54, 1.807) is 6.07 Å². The third kappa shape index (κ3) is 2.61. The topological polar surface area (TPSA) is 63.4 Å². The van der Waals surface area contributed by atoms with E-state index in [1.165, 1.54) is 4.31 Å². The van der Waals surface area contributed by atoms with Crippen molar-refractivity contribution in [2.24, 2.45) is 5.92 Å². The summed E-state index contributed by atoms with van der Waals surface area (Å²) in [4.78, 5) is 0. The van der Waals surface area contributed by atoms with Crippen molar-refractivity contribution in [2.75, 3.05) is 22.3 Å². The fourth-order valence-electron chi connectivity index (χ4n) is 2.15. The maximum atomic E-state index is 12.3. The van der Waals surface area contributed by atoms with Crippen LogP contribution in [0, 0.1) is 5.92 Å². The molecule has 5 heteroatoms. The van der Waals surface area contributed by atoms with E-state index >= 15 is 0 Å². The van der Waals surface area contributed by atoms with Gasteiger partial charge in [-0.1, -0.05) is 19.9 Å². The van der Waals surface area contributed by atoms with E-state index in [4.69, 9.17) is 5.73 Å². The molecule has 0 fully saturated rings. The molecule has 0 saturated carbocycles. The minimum Gasteiger partial charge on any atom is -0.399 e. The van der Waals surface area contributed by atoms with Crippen LogP contribution in [0.25, 0.3) is 0 Å². The number of hydrogen-bond acceptors (Lipinski definition) is 3. The van der Waals surface area contributed by atoms with Crippen LogP contribution in [0.4, 0.5) is 11.4 Å². The summed E-state index contributed by atoms with van der Waals surface area (Å²) in [5.41, 5.74) is 8.18. The predicted molar refractivity (Wildman–Crippen MR) is 75.1 cm³/mol. The molecule has 0 aromatic heterocycles. The first kappa shape index (κ1) is 13.2. The standard InChI is InChI=1S/C13H20N2O2S/c1-10(2)6-8-18(16,17)15-7-5-11-3-4-12(14)9-13(11)15/h3-4,9-10H,5-8,14H2,1-2H3. The first-order chi connectivity index (χ1) is 8.40. The smallest absolute Gasteiger partial charge is 0.235 e. The Balaban J connectivity index is 2.25. The summed E-state index contributed by atoms with van der Waals surface area (Å²) in [6.07, 6.45) is 1.47. The van der Waals surface area contributed by atoms with Crippen LogP contribution in [0.5, 0.6) is 0 Å². The van der Waals surface area contributed by atoms with Crippen LogP contribution in [0.15, 0.2) is 18.2 Å². The fraction of sp³-hybridized carbons (Fsp3) is 0.538. The van der Waals surface area contributed by atoms with E-state index in [2.05, 4.69) is 0 Å². The van der Waals surface area contributed by atoms with Crippen molar-refractivity contribution in [3.05, 3.63) is 23.8 Å². The zero-order chi connectivity index (χ0) is 13.3. The van der Waals surface area contributed by atoms with Crippen molar-refractivity contribution in [1.29, 1.82) is 0 Å². The molecule has 100 valence electrons. The SMILES string of the molecule is CC(C)CCS(=O)(=O)N1CCc2ccc(N)cc21. The lowest BCUT2D eigenvalue weighted by Crippen LogP contribution is -2.31. The van der Waals surface area contributed by atoms with E-state index in [-0.39, 0.29) is 5.75 Å². The second-order valence-electron chi connectivity index (χ2n) is 5.21. The molecule has 4 nitrogen and oxygen atoms in total. The van der Waals surface area contributed by atoms with Crippen molar-refractivity contribution in [2.45, 2.75) is 26.7 Å². The predicted octanol–water partition coefficient (Wildman–Crippen LogP) is 2.01. The largest absolute Gasteiger partial charge is 0.399 e. The minimum absolute atomic E-state index is 0.207. The van der Waals surface area contributed by atoms with Gasteiger partial charge in [-0.15, -0.1) is 0 Å². The van der Waals surface area contributed by atoms with Crippen LogP contribution in [-0.2, 0) is 16.4 Å². The van der Waals surface area contributed by atoms with Crippen molar-refractivity contribution < 1.29 is 8.42 Å². The fourth-order valence-corrected chi connectivity index (χ4v) is 3.98. The van der Waals surface area contributed by atoms with Crippen LogP contribution in [-0.4, -0.2) is 20.7 Å². The summed E-state index contributed by atoms with van der Waals surface area (Å²) in [5, 5.41) is 0. The maximum absolute atomic E-state index is 12.3. The molecule has 1 aromatic carbocycles. The number of nitrogen functional groups attached to an aromatic ring is 1. The Morgan fingerprint density at radius 3 is 2.78 bits per heavy atom. The molecule has 2 rings (SSSR count). The van der Waals surface area contributed by atoms with Gasteiger partial charge in [0, 0.05) is 12.2 Å². The van der Waals surface area contributed by atoms with Crippen molar-refractivity contribution in [1.82, 2.24) is 0 Å². The number of benzene rings is 1. The molecule has 0 atom stereocenters. The Morgan fingerprint density at radius 1 is 1.39 bits per heavy atom. The van der Waals surface area contributed by atoms with Crippen LogP contribution in [0.1, 0.15) is 25.8 Å². The van der Waals surface area contributed by atoms with Crippen molar-refractivity contribution >= 4 is 21.4 Å². The molecular formula is C13H20N2O2S. The highest BCUT2D eigenvalue weighted by Gasteiger charge is 2.29. The maximum Gasteiger partial charge on any atom is 0.235 e. The number of rotatable bonds is 4. The van der Waals surface area contributed by atoms with Crippen molar-refractivity contribution in [3.8, 4) is 0 Å². The zero-order valence-corrected chi connectivity index (χ0v) is 11.7. The molecule has 1 aliphatic heterocycles. The number of nitrogens with two attached hydrogens (primary N) is 1. The van der Waals surface area contributed by atoms with Gasteiger partial charge in [-0.2, -0.15) is 0 Å². The molecule has 0 aliphatic carbocycles. The molecule has 1 aromatic rings. The van der Waals surface area contributed by atoms with Gasteiger partial charge in [0.15, 0.2) is 0 Å². The van der Waals surface area contributed by atoms with Crippen LogP contribution < -0.4 is 10.0 Å². The molecule has 0 saturated heterocycles. The van der Waals surface area contributed by atoms with Gasteiger partial charge in [0.05, 0.1) is 11.4 Å². The third-order valence-corrected chi connectivity index (χ3v) is 5.05. The quantitative estimate of drug-likeness (QED) is 0.850. The summed E-state index contributed by atoms with van der Waals surface area (Å²) in [6.45, 7) is 4.61. The lowest BCUT2D eigenvalue weighted by Gasteiger charge is -2.20. The lowest BCUT2D eigenvalue weighted by molar-refractivity contribution is 0.570. The lowest BCUT2D eigenvalue weighted by atomic mass is 10.1. The zero-order valence-electron chi connectivity index (χ0n) is 10.9. The molecule has 2 N–H and O–H groups in total. The Bertz CT molecular complexity index is 538. The number of anilines is 2. The first-order valence-corrected chi connectivity index (χ1v) is 7.90. The average Bonchev–Trinajstić information content (AvgIpc) is 2.70. The van der Waals surface area contributed by atoms with Gasteiger partial charge in [0.25, 0.3) is 0 Å². The first-order valence-electron chi connectivity index (χ1n) is 6.29. The Labute approximate surface area is 109 Å². The Hall–Kier alpha value is -1.23. The molecule has 0 spiro atoms. The van der Waals surface area contributed by atoms with E-state index in [0.717, 1.165) is 17.7 Å². The highest BCUT2D eigenvalue weighted by atomic mass is 32.2. The molecule has 0 amide bonds. The summed E-state index contributed by atoms with van der Waals surface area (Å²) < 4.78 is 26.1. The second-order valence-corrected chi connectivity index (χ2v) is 7.22. The highest BCUT2D eigenvalue weighted by Crippen LogP contribution is 2.32. The summed E-state index contributed by atoms with van der Waals surface area (Å²) in [5.74, 6) is 0.599. The number of nitrogens with zero attached hydrogens (tertiary/aromatic N) is 1. The second kappa shape index (κ2) is 4.80. The molecule has 1 aliphatic rings.